The van der Waals surface area contributed by atoms with Crippen LogP contribution >= 0.6 is 21.6 Å². The summed E-state index contributed by atoms with van der Waals surface area (Å²) in [6, 6.07) is 4.02. The van der Waals surface area contributed by atoms with E-state index < -0.39 is 52.7 Å². The summed E-state index contributed by atoms with van der Waals surface area (Å²) < 4.78 is 20.9. The number of nitrogens with one attached hydrogen (secondary N) is 4. The first kappa shape index (κ1) is 61.0. The van der Waals surface area contributed by atoms with Crippen molar-refractivity contribution in [2.24, 2.45) is 58.2 Å². The molecule has 17 unspecified atom stereocenters. The molecule has 1 spiro atoms. The van der Waals surface area contributed by atoms with Crippen LogP contribution < -0.4 is 26.0 Å². The molecule has 1 aromatic rings. The van der Waals surface area contributed by atoms with E-state index in [0.717, 1.165) is 102 Å². The number of amides is 1. The molecule has 8 N–H and O–H groups in total. The topological polar surface area (TPSA) is 211 Å². The van der Waals surface area contributed by atoms with E-state index in [1.54, 1.807) is 27.7 Å². The molecule has 4 saturated heterocycles. The van der Waals surface area contributed by atoms with Crippen molar-refractivity contribution in [3.05, 3.63) is 47.6 Å². The summed E-state index contributed by atoms with van der Waals surface area (Å²) >= 11 is 0. The number of carbonyl (C=O) groups is 3. The number of allylic oxidation sites excluding steroid dienone is 1. The maximum absolute atomic E-state index is 15.9. The fourth-order valence-corrected chi connectivity index (χ4v) is 21.8. The van der Waals surface area contributed by atoms with Gasteiger partial charge in [0.15, 0.2) is 11.5 Å². The second-order valence-corrected chi connectivity index (χ2v) is 30.8. The largest absolute Gasteiger partial charge is 0.504 e. The van der Waals surface area contributed by atoms with Crippen LogP contribution in [0.4, 0.5) is 0 Å². The highest BCUT2D eigenvalue weighted by molar-refractivity contribution is 8.76. The Bertz CT molecular complexity index is 2640. The number of aromatic hydroxyl groups is 1. The van der Waals surface area contributed by atoms with E-state index in [9.17, 15) is 30.0 Å². The Labute approximate surface area is 507 Å². The van der Waals surface area contributed by atoms with Gasteiger partial charge >= 0.3 is 11.9 Å². The number of piperazine rings is 1. The number of benzene rings is 1. The van der Waals surface area contributed by atoms with Gasteiger partial charge in [-0.15, -0.1) is 5.92 Å². The normalized spacial score (nSPS) is 40.3. The van der Waals surface area contributed by atoms with Gasteiger partial charge in [-0.2, -0.15) is 0 Å². The molecular formula is C67H97N5O10S2. The van der Waals surface area contributed by atoms with E-state index in [4.69, 9.17) is 14.2 Å². The molecule has 0 bridgehead atoms. The molecule has 0 radical (unpaired) electrons. The lowest BCUT2D eigenvalue weighted by molar-refractivity contribution is -0.183. The highest BCUT2D eigenvalue weighted by Gasteiger charge is 2.61. The van der Waals surface area contributed by atoms with Crippen molar-refractivity contribution < 1.29 is 49.0 Å². The van der Waals surface area contributed by atoms with Crippen LogP contribution in [0.3, 0.4) is 0 Å². The number of nitrogens with zero attached hydrogens (tertiary/aromatic N) is 1. The number of rotatable bonds is 9. The van der Waals surface area contributed by atoms with Crippen LogP contribution in [0.2, 0.25) is 0 Å². The van der Waals surface area contributed by atoms with Crippen molar-refractivity contribution >= 4 is 39.4 Å². The van der Waals surface area contributed by atoms with Crippen LogP contribution in [0, 0.1) is 70.0 Å². The van der Waals surface area contributed by atoms with Crippen LogP contribution in [-0.2, 0) is 23.9 Å². The lowest BCUT2D eigenvalue weighted by Crippen LogP contribution is -2.65. The van der Waals surface area contributed by atoms with Crippen molar-refractivity contribution in [1.29, 1.82) is 0 Å². The van der Waals surface area contributed by atoms with Gasteiger partial charge in [0.1, 0.15) is 17.7 Å². The number of esters is 2. The van der Waals surface area contributed by atoms with Crippen molar-refractivity contribution in [1.82, 2.24) is 26.2 Å². The predicted molar refractivity (Wildman–Crippen MR) is 328 cm³/mol. The summed E-state index contributed by atoms with van der Waals surface area (Å²) in [6.07, 6.45) is 21.2. The molecule has 6 aliphatic carbocycles. The van der Waals surface area contributed by atoms with E-state index in [0.29, 0.717) is 125 Å². The highest BCUT2D eigenvalue weighted by Crippen LogP contribution is 2.65. The number of piperidine rings is 2. The predicted octanol–water partition coefficient (Wildman–Crippen LogP) is 7.90. The first-order chi connectivity index (χ1) is 40.7. The number of fused-ring (bicyclic) bond motifs is 6. The third-order valence-electron chi connectivity index (χ3n) is 23.3. The molecule has 2 saturated carbocycles. The minimum Gasteiger partial charge on any atom is -0.504 e. The smallest absolute Gasteiger partial charge is 0.332 e. The first-order valence-corrected chi connectivity index (χ1v) is 35.3. The molecule has 84 heavy (non-hydrogen) atoms. The maximum Gasteiger partial charge on any atom is 0.332 e. The number of ether oxygens (including phenoxy) is 3. The Morgan fingerprint density at radius 2 is 1.71 bits per heavy atom. The van der Waals surface area contributed by atoms with Gasteiger partial charge in [-0.3, -0.25) is 14.5 Å². The number of phenols is 1. The maximum atomic E-state index is 15.9. The Balaban J connectivity index is 0.918. The van der Waals surface area contributed by atoms with Gasteiger partial charge in [-0.1, -0.05) is 83.6 Å². The molecule has 0 aromatic heterocycles. The molecule has 17 heteroatoms. The summed E-state index contributed by atoms with van der Waals surface area (Å²) in [5.74, 6) is 8.50. The highest BCUT2D eigenvalue weighted by atomic mass is 33.1. The second kappa shape index (κ2) is 26.0. The van der Waals surface area contributed by atoms with Crippen molar-refractivity contribution in [3.63, 3.8) is 0 Å². The number of phenolic OH excluding ortho intramolecular Hbond substituents is 1. The van der Waals surface area contributed by atoms with Crippen LogP contribution in [-0.4, -0.2) is 155 Å². The standard InChI is InChI=1S/C67H97N5O10S2/c1-42(74)81-57-35-58(82-63(78)67-24-4-3-12-47(67)15-21-59(77)71-67)66(25-27-68-28-26-66)61-45(34-51-52(65(40-73)22-5-6-23-65)38-80-62-56(76)20-18-50(61)60(51)62)10-7-11-46-36-64(2,79)41-84-83-39-53(55(75)19-17-49(46)57)70-37-43-14-16-48-44(33-43)9-8-13-54(48)72-31-29-69-30-32-72/h8,13-14,16,18,20,43-49,51-55,57-58,61,68-70,73,75-76,79H,3-6,9,11-12,15,17,19,21-41H2,1-2H3,(H,71,77). The number of carbonyl (C=O) groups excluding carboxylic acids is 3. The second-order valence-electron chi connectivity index (χ2n) is 28.3. The van der Waals surface area contributed by atoms with E-state index in [1.165, 1.54) is 6.92 Å². The molecule has 11 aliphatic rings. The molecule has 17 atom stereocenters. The molecule has 5 aliphatic heterocycles. The monoisotopic (exact) mass is 1200 g/mol. The Kier molecular flexibility index (Phi) is 18.9. The van der Waals surface area contributed by atoms with Gasteiger partial charge < -0.3 is 55.9 Å². The fraction of sp³-hybridized carbons (Fsp3) is 0.776. The molecule has 5 heterocycles. The van der Waals surface area contributed by atoms with Crippen LogP contribution in [0.1, 0.15) is 165 Å². The zero-order valence-electron chi connectivity index (χ0n) is 50.0. The van der Waals surface area contributed by atoms with Gasteiger partial charge in [0.25, 0.3) is 0 Å². The van der Waals surface area contributed by atoms with Gasteiger partial charge in [0.05, 0.1) is 18.3 Å². The SMILES string of the molecule is CC(=O)OC1CC(OC(=O)C23CCCCC2CCC(=O)N3)C2(CCNCC2)C2c3ccc(O)c4c3C(CC2C#CCC2CC(C)(O)CSSCC(NCC3C=CC5C(CC=CC5N5CCNCC5)C3)C(O)CCC21)C(C1(CO)CCCC1)CO4. The average molecular weight is 1200 g/mol. The molecular weight excluding hydrogens is 1100 g/mol. The first-order valence-electron chi connectivity index (χ1n) is 32.9. The van der Waals surface area contributed by atoms with Gasteiger partial charge in [0, 0.05) is 129 Å². The summed E-state index contributed by atoms with van der Waals surface area (Å²) in [5.41, 5.74) is -1.42. The lowest BCUT2D eigenvalue weighted by Gasteiger charge is -2.56. The Morgan fingerprint density at radius 1 is 0.917 bits per heavy atom. The molecule has 462 valence electrons. The summed E-state index contributed by atoms with van der Waals surface area (Å²) in [6.45, 7) is 10.0. The Hall–Kier alpha value is -3.31. The molecule has 1 amide bonds. The summed E-state index contributed by atoms with van der Waals surface area (Å²) in [7, 11) is 3.34. The molecule has 1 aromatic carbocycles. The van der Waals surface area contributed by atoms with E-state index in [-0.39, 0.29) is 71.6 Å². The average Bonchev–Trinajstić information content (AvgIpc) is 0.982. The van der Waals surface area contributed by atoms with E-state index in [2.05, 4.69) is 68.4 Å². The minimum atomic E-state index is -1.19. The third kappa shape index (κ3) is 12.3. The summed E-state index contributed by atoms with van der Waals surface area (Å²) in [4.78, 5) is 46.0. The molecule has 6 fully saturated rings. The fourth-order valence-electron chi connectivity index (χ4n) is 19.1. The third-order valence-corrected chi connectivity index (χ3v) is 25.9. The zero-order chi connectivity index (χ0) is 58.2. The van der Waals surface area contributed by atoms with E-state index >= 15 is 4.79 Å². The Morgan fingerprint density at radius 3 is 2.51 bits per heavy atom. The molecule has 12 rings (SSSR count). The van der Waals surface area contributed by atoms with Crippen LogP contribution in [0.5, 0.6) is 11.5 Å². The minimum absolute atomic E-state index is 0.0101. The number of hydrogen-bond acceptors (Lipinski definition) is 16. The van der Waals surface area contributed by atoms with Crippen LogP contribution in [0.25, 0.3) is 0 Å². The van der Waals surface area contributed by atoms with Crippen molar-refractivity contribution in [2.75, 3.05) is 70.5 Å². The van der Waals surface area contributed by atoms with Crippen molar-refractivity contribution in [2.45, 2.75) is 196 Å². The number of aliphatic hydroxyl groups is 3. The van der Waals surface area contributed by atoms with Gasteiger partial charge in [0.2, 0.25) is 5.91 Å². The summed E-state index contributed by atoms with van der Waals surface area (Å²) in [5, 5.41) is 62.6. The quantitative estimate of drug-likeness (QED) is 0.0511. The van der Waals surface area contributed by atoms with Gasteiger partial charge in [-0.25, -0.2) is 4.79 Å². The van der Waals surface area contributed by atoms with E-state index in [1.807, 2.05) is 6.92 Å². The van der Waals surface area contributed by atoms with Crippen LogP contribution in [0.15, 0.2) is 36.4 Å². The lowest BCUT2D eigenvalue weighted by atomic mass is 9.51. The zero-order valence-corrected chi connectivity index (χ0v) is 51.7. The number of aliphatic hydroxyl groups excluding tert-OH is 2. The van der Waals surface area contributed by atoms with Gasteiger partial charge in [-0.05, 0) is 151 Å². The van der Waals surface area contributed by atoms with Crippen molar-refractivity contribution in [3.8, 4) is 23.3 Å². The number of hydrogen-bond donors (Lipinski definition) is 8. The molecule has 15 nitrogen and oxygen atoms in total.